The van der Waals surface area contributed by atoms with Crippen LogP contribution in [-0.4, -0.2) is 37.4 Å². The average molecular weight is 432 g/mol. The molecule has 0 saturated carbocycles. The Morgan fingerprint density at radius 1 is 1.16 bits per heavy atom. The molecular formula is C19H11F3N4O5. The van der Waals surface area contributed by atoms with Gasteiger partial charge in [0.2, 0.25) is 5.95 Å². The number of carbonyl (C=O) groups is 1. The van der Waals surface area contributed by atoms with Gasteiger partial charge in [0.05, 0.1) is 23.3 Å². The Bertz CT molecular complexity index is 1350. The average Bonchev–Trinajstić information content (AvgIpc) is 3.15. The fourth-order valence-corrected chi connectivity index (χ4v) is 2.90. The van der Waals surface area contributed by atoms with Crippen molar-refractivity contribution in [1.29, 1.82) is 0 Å². The van der Waals surface area contributed by atoms with Crippen LogP contribution < -0.4 is 15.0 Å². The number of carboxylic acid groups (broad SMARTS) is 1. The molecule has 0 saturated heterocycles. The van der Waals surface area contributed by atoms with Crippen molar-refractivity contribution in [3.8, 4) is 28.6 Å². The summed E-state index contributed by atoms with van der Waals surface area (Å²) >= 11 is 0. The van der Waals surface area contributed by atoms with E-state index in [4.69, 9.17) is 5.11 Å². The van der Waals surface area contributed by atoms with Gasteiger partial charge in [0.25, 0.3) is 5.56 Å². The minimum absolute atomic E-state index is 0.00806. The van der Waals surface area contributed by atoms with Gasteiger partial charge in [0.1, 0.15) is 5.75 Å². The number of aromatic amines is 1. The van der Waals surface area contributed by atoms with E-state index in [0.29, 0.717) is 5.56 Å². The van der Waals surface area contributed by atoms with Crippen LogP contribution in [-0.2, 0) is 0 Å². The predicted molar refractivity (Wildman–Crippen MR) is 100 cm³/mol. The zero-order valence-electron chi connectivity index (χ0n) is 15.3. The van der Waals surface area contributed by atoms with Crippen molar-refractivity contribution in [2.75, 3.05) is 0 Å². The van der Waals surface area contributed by atoms with Gasteiger partial charge in [-0.15, -0.1) is 13.2 Å². The van der Waals surface area contributed by atoms with Crippen molar-refractivity contribution in [2.24, 2.45) is 0 Å². The number of hydrogen-bond acceptors (Lipinski definition) is 6. The summed E-state index contributed by atoms with van der Waals surface area (Å²) in [7, 11) is 0. The summed E-state index contributed by atoms with van der Waals surface area (Å²) in [5.41, 5.74) is 0.136. The van der Waals surface area contributed by atoms with E-state index in [1.54, 1.807) is 6.07 Å². The number of benzene rings is 2. The third kappa shape index (κ3) is 4.32. The first-order valence-corrected chi connectivity index (χ1v) is 8.55. The minimum atomic E-state index is -4.87. The van der Waals surface area contributed by atoms with Gasteiger partial charge < -0.3 is 14.6 Å². The molecule has 2 aromatic carbocycles. The Morgan fingerprint density at radius 2 is 1.94 bits per heavy atom. The van der Waals surface area contributed by atoms with Gasteiger partial charge in [-0.2, -0.15) is 5.10 Å². The van der Waals surface area contributed by atoms with Crippen LogP contribution in [0.3, 0.4) is 0 Å². The maximum Gasteiger partial charge on any atom is 0.573 e. The van der Waals surface area contributed by atoms with Gasteiger partial charge in [-0.25, -0.2) is 14.5 Å². The number of alkyl halides is 3. The highest BCUT2D eigenvalue weighted by molar-refractivity contribution is 5.85. The minimum Gasteiger partial charge on any atom is -0.449 e. The molecule has 9 nitrogen and oxygen atoms in total. The van der Waals surface area contributed by atoms with Crippen LogP contribution in [0.4, 0.5) is 18.0 Å². The Hall–Kier alpha value is -4.35. The molecule has 2 heterocycles. The highest BCUT2D eigenvalue weighted by Gasteiger charge is 2.32. The molecule has 0 aliphatic rings. The molecule has 0 fully saturated rings. The molecule has 0 radical (unpaired) electrons. The molecule has 4 rings (SSSR count). The van der Waals surface area contributed by atoms with Gasteiger partial charge >= 0.3 is 12.5 Å². The molecule has 0 bridgehead atoms. The highest BCUT2D eigenvalue weighted by atomic mass is 19.4. The van der Waals surface area contributed by atoms with Crippen LogP contribution in [0.25, 0.3) is 28.0 Å². The van der Waals surface area contributed by atoms with Gasteiger partial charge in [-0.1, -0.05) is 24.3 Å². The summed E-state index contributed by atoms with van der Waals surface area (Å²) in [6.45, 7) is 0. The summed E-state index contributed by atoms with van der Waals surface area (Å²) in [6, 6.07) is 9.91. The quantitative estimate of drug-likeness (QED) is 0.472. The van der Waals surface area contributed by atoms with Crippen molar-refractivity contribution in [1.82, 2.24) is 19.7 Å². The van der Waals surface area contributed by atoms with E-state index in [1.165, 1.54) is 42.6 Å². The van der Waals surface area contributed by atoms with Gasteiger partial charge in [0, 0.05) is 5.56 Å². The lowest BCUT2D eigenvalue weighted by Gasteiger charge is -2.13. The van der Waals surface area contributed by atoms with Crippen molar-refractivity contribution >= 4 is 17.1 Å². The number of nitrogens with one attached hydrogen (secondary N) is 1. The van der Waals surface area contributed by atoms with Crippen molar-refractivity contribution in [2.45, 2.75) is 6.36 Å². The van der Waals surface area contributed by atoms with Gasteiger partial charge in [-0.05, 0) is 23.8 Å². The summed E-state index contributed by atoms with van der Waals surface area (Å²) in [5, 5.41) is 12.6. The number of hydrogen-bond donors (Lipinski definition) is 2. The van der Waals surface area contributed by atoms with E-state index in [-0.39, 0.29) is 28.2 Å². The van der Waals surface area contributed by atoms with Crippen LogP contribution in [0.5, 0.6) is 11.5 Å². The largest absolute Gasteiger partial charge is 0.573 e. The fourth-order valence-electron chi connectivity index (χ4n) is 2.90. The molecule has 0 spiro atoms. The molecule has 0 unspecified atom stereocenters. The molecule has 12 heteroatoms. The molecule has 2 N–H and O–H groups in total. The van der Waals surface area contributed by atoms with Crippen LogP contribution in [0, 0.1) is 0 Å². The predicted octanol–water partition coefficient (Wildman–Crippen LogP) is 3.73. The van der Waals surface area contributed by atoms with Gasteiger partial charge in [0.15, 0.2) is 5.75 Å². The fraction of sp³-hybridized carbons (Fsp3) is 0.0526. The zero-order valence-corrected chi connectivity index (χ0v) is 15.3. The highest BCUT2D eigenvalue weighted by Crippen LogP contribution is 2.34. The smallest absolute Gasteiger partial charge is 0.449 e. The lowest BCUT2D eigenvalue weighted by molar-refractivity contribution is -0.274. The standard InChI is InChI=1S/C19H11F3N4O5/c20-19(21,22)31-15-4-2-1-3-12(15)10-5-6-14-13(7-10)16(27)25-17(24-14)26-9-11(8-23-26)30-18(28)29/h1-9H,(H,28,29)(H,24,25,27). The lowest BCUT2D eigenvalue weighted by Crippen LogP contribution is -2.17. The normalized spacial score (nSPS) is 11.5. The number of halogens is 3. The molecule has 0 aliphatic carbocycles. The van der Waals surface area contributed by atoms with Crippen LogP contribution in [0.2, 0.25) is 0 Å². The van der Waals surface area contributed by atoms with E-state index in [0.717, 1.165) is 10.9 Å². The first-order valence-electron chi connectivity index (χ1n) is 8.55. The number of H-pyrrole nitrogens is 1. The second-order valence-electron chi connectivity index (χ2n) is 6.15. The monoisotopic (exact) mass is 432 g/mol. The Labute approximate surface area is 170 Å². The van der Waals surface area contributed by atoms with Crippen LogP contribution in [0.1, 0.15) is 0 Å². The molecule has 158 valence electrons. The second kappa shape index (κ2) is 7.48. The molecule has 0 amide bonds. The van der Waals surface area contributed by atoms with Crippen molar-refractivity contribution in [3.05, 3.63) is 65.2 Å². The summed E-state index contributed by atoms with van der Waals surface area (Å²) in [4.78, 5) is 29.9. The number of aromatic nitrogens is 4. The maximum atomic E-state index is 12.7. The molecule has 4 aromatic rings. The first-order chi connectivity index (χ1) is 14.7. The molecule has 2 aromatic heterocycles. The summed E-state index contributed by atoms with van der Waals surface area (Å²) in [5.74, 6) is -0.490. The lowest BCUT2D eigenvalue weighted by atomic mass is 10.0. The molecule has 0 atom stereocenters. The molecule has 0 aliphatic heterocycles. The second-order valence-corrected chi connectivity index (χ2v) is 6.15. The number of para-hydroxylation sites is 1. The summed E-state index contributed by atoms with van der Waals surface area (Å²) in [6.07, 6.45) is -4.06. The van der Waals surface area contributed by atoms with E-state index in [1.807, 2.05) is 0 Å². The summed E-state index contributed by atoms with van der Waals surface area (Å²) < 4.78 is 47.7. The third-order valence-corrected chi connectivity index (χ3v) is 4.10. The zero-order chi connectivity index (χ0) is 22.2. The van der Waals surface area contributed by atoms with Crippen molar-refractivity contribution < 1.29 is 32.5 Å². The van der Waals surface area contributed by atoms with Crippen molar-refractivity contribution in [3.63, 3.8) is 0 Å². The number of rotatable bonds is 4. The maximum absolute atomic E-state index is 12.7. The first kappa shape index (κ1) is 19.9. The Balaban J connectivity index is 1.75. The van der Waals surface area contributed by atoms with Crippen LogP contribution in [0.15, 0.2) is 59.7 Å². The van der Waals surface area contributed by atoms with E-state index in [9.17, 15) is 22.8 Å². The van der Waals surface area contributed by atoms with Gasteiger partial charge in [-0.3, -0.25) is 9.78 Å². The topological polar surface area (TPSA) is 119 Å². The van der Waals surface area contributed by atoms with Crippen LogP contribution >= 0.6 is 0 Å². The van der Waals surface area contributed by atoms with E-state index < -0.39 is 23.8 Å². The molecule has 31 heavy (non-hydrogen) atoms. The number of ether oxygens (including phenoxy) is 2. The van der Waals surface area contributed by atoms with E-state index >= 15 is 0 Å². The SMILES string of the molecule is O=C(O)Oc1cnn(-c2nc3ccc(-c4ccccc4OC(F)(F)F)cc3c(=O)[nH]2)c1. The molecular weight excluding hydrogens is 421 g/mol. The van der Waals surface area contributed by atoms with E-state index in [2.05, 4.69) is 24.5 Å². The Morgan fingerprint density at radius 3 is 2.68 bits per heavy atom. The number of nitrogens with zero attached hydrogens (tertiary/aromatic N) is 3. The number of fused-ring (bicyclic) bond motifs is 1. The third-order valence-electron chi connectivity index (χ3n) is 4.10. The Kier molecular flexibility index (Phi) is 4.81.